The lowest BCUT2D eigenvalue weighted by Gasteiger charge is -2.49. The summed E-state index contributed by atoms with van der Waals surface area (Å²) in [6, 6.07) is 50.6. The molecule has 0 aromatic heterocycles. The number of anilines is 9. The van der Waals surface area contributed by atoms with Gasteiger partial charge in [-0.15, -0.1) is 0 Å². The summed E-state index contributed by atoms with van der Waals surface area (Å²) in [6.45, 7) is 54.1. The Morgan fingerprint density at radius 1 is 0.302 bits per heavy atom. The Morgan fingerprint density at radius 3 is 0.884 bits per heavy atom. The van der Waals surface area contributed by atoms with Crippen molar-refractivity contribution >= 4 is 74.3 Å². The van der Waals surface area contributed by atoms with Gasteiger partial charge in [-0.05, 0) is 250 Å². The summed E-state index contributed by atoms with van der Waals surface area (Å²) in [4.78, 5) is 8.14. The van der Waals surface area contributed by atoms with Crippen molar-refractivity contribution in [1.29, 1.82) is 0 Å². The third-order valence-electron chi connectivity index (χ3n) is 23.4. The Kier molecular flexibility index (Phi) is 12.9. The molecule has 2 heterocycles. The Morgan fingerprint density at radius 2 is 0.581 bits per heavy atom. The van der Waals surface area contributed by atoms with Crippen molar-refractivity contribution in [2.24, 2.45) is 0 Å². The summed E-state index contributed by atoms with van der Waals surface area (Å²) >= 11 is 0. The summed E-state index contributed by atoms with van der Waals surface area (Å²) in [5.74, 6) is 0. The van der Waals surface area contributed by atoms with Crippen LogP contribution >= 0.6 is 0 Å². The number of hydrogen-bond donors (Lipinski definition) is 0. The van der Waals surface area contributed by atoms with E-state index in [1.807, 2.05) is 0 Å². The number of hydrogen-bond acceptors (Lipinski definition) is 3. The van der Waals surface area contributed by atoms with Gasteiger partial charge in [0.2, 0.25) is 0 Å². The molecule has 13 rings (SSSR count). The maximum Gasteiger partial charge on any atom is 0.252 e. The number of fused-ring (bicyclic) bond motifs is 8. The van der Waals surface area contributed by atoms with E-state index >= 15 is 0 Å². The molecule has 0 saturated carbocycles. The molecule has 0 amide bonds. The average Bonchev–Trinajstić information content (AvgIpc) is 0.688. The van der Waals surface area contributed by atoms with E-state index in [0.717, 1.165) is 55.6 Å². The van der Waals surface area contributed by atoms with Crippen LogP contribution in [0.15, 0.2) is 121 Å². The highest BCUT2D eigenvalue weighted by molar-refractivity contribution is 7.00. The van der Waals surface area contributed by atoms with Crippen LogP contribution in [0.25, 0.3) is 0 Å². The number of nitrogens with zero attached hydrogens (tertiary/aromatic N) is 3. The average molecular weight is 1140 g/mol. The normalized spacial score (nSPS) is 21.0. The van der Waals surface area contributed by atoms with Crippen LogP contribution in [-0.4, -0.2) is 6.71 Å². The fourth-order valence-electron chi connectivity index (χ4n) is 16.9. The van der Waals surface area contributed by atoms with Crippen molar-refractivity contribution < 1.29 is 0 Å². The summed E-state index contributed by atoms with van der Waals surface area (Å²) in [5.41, 5.74) is 30.3. The first-order chi connectivity index (χ1) is 39.8. The quantitative estimate of drug-likeness (QED) is 0.159. The molecule has 4 aliphatic carbocycles. The van der Waals surface area contributed by atoms with Crippen LogP contribution in [0.3, 0.4) is 0 Å². The molecule has 6 aliphatic rings. The molecule has 0 unspecified atom stereocenters. The van der Waals surface area contributed by atoms with E-state index in [-0.39, 0.29) is 60.9 Å². The Bertz CT molecular complexity index is 3670. The second kappa shape index (κ2) is 18.8. The van der Waals surface area contributed by atoms with Gasteiger partial charge in [0.15, 0.2) is 0 Å². The minimum Gasteiger partial charge on any atom is -0.311 e. The van der Waals surface area contributed by atoms with Crippen LogP contribution < -0.4 is 31.1 Å². The summed E-state index contributed by atoms with van der Waals surface area (Å²) in [6.07, 6.45) is 9.32. The molecular weight excluding hydrogens is 1040 g/mol. The summed E-state index contributed by atoms with van der Waals surface area (Å²) in [5, 5.41) is 0. The van der Waals surface area contributed by atoms with Gasteiger partial charge < -0.3 is 14.7 Å². The maximum atomic E-state index is 2.78. The van der Waals surface area contributed by atoms with E-state index in [2.05, 4.69) is 288 Å². The van der Waals surface area contributed by atoms with Gasteiger partial charge in [0.25, 0.3) is 6.71 Å². The lowest BCUT2D eigenvalue weighted by molar-refractivity contribution is 0.332. The van der Waals surface area contributed by atoms with E-state index in [1.54, 1.807) is 0 Å². The fraction of sp³-hybridized carbons (Fsp3) is 0.488. The van der Waals surface area contributed by atoms with Crippen LogP contribution in [0.5, 0.6) is 0 Å². The van der Waals surface area contributed by atoms with Crippen molar-refractivity contribution in [2.45, 2.75) is 258 Å². The predicted octanol–water partition coefficient (Wildman–Crippen LogP) is 21.2. The topological polar surface area (TPSA) is 9.72 Å². The van der Waals surface area contributed by atoms with Crippen molar-refractivity contribution in [2.75, 3.05) is 14.7 Å². The van der Waals surface area contributed by atoms with Crippen molar-refractivity contribution in [3.05, 3.63) is 177 Å². The molecule has 0 spiro atoms. The van der Waals surface area contributed by atoms with Crippen molar-refractivity contribution in [3.8, 4) is 0 Å². The van der Waals surface area contributed by atoms with Crippen LogP contribution in [0.4, 0.5) is 51.2 Å². The zero-order valence-electron chi connectivity index (χ0n) is 57.1. The molecule has 3 nitrogen and oxygen atoms in total. The maximum absolute atomic E-state index is 2.78. The van der Waals surface area contributed by atoms with E-state index < -0.39 is 0 Å². The predicted molar refractivity (Wildman–Crippen MR) is 374 cm³/mol. The Hall–Kier alpha value is -6.00. The molecule has 0 fully saturated rings. The summed E-state index contributed by atoms with van der Waals surface area (Å²) in [7, 11) is 0. The SMILES string of the molecule is CC(C)(C)c1ccc(N(c2ccc(C(C)(C)C)cc2)c2cc3c4c(c2)N(c2ccc5c(c2)C(C)(C)CCC5(C)C)c2cc5c(cc2B4c2cc4c(cc2N3c2ccc3c(c2)C(C)(C)CCC3(C)C)C(C)(C)CCC4(C)C)C(C)(C)CCC5(C)C)cc1. The third kappa shape index (κ3) is 9.22. The first-order valence-electron chi connectivity index (χ1n) is 33.3. The van der Waals surface area contributed by atoms with Crippen molar-refractivity contribution in [3.63, 3.8) is 0 Å². The van der Waals surface area contributed by atoms with Crippen LogP contribution in [0.2, 0.25) is 0 Å². The van der Waals surface area contributed by atoms with Gasteiger partial charge in [-0.3, -0.25) is 0 Å². The van der Waals surface area contributed by atoms with Crippen molar-refractivity contribution in [1.82, 2.24) is 0 Å². The molecule has 86 heavy (non-hydrogen) atoms. The zero-order valence-corrected chi connectivity index (χ0v) is 57.1. The zero-order chi connectivity index (χ0) is 61.8. The van der Waals surface area contributed by atoms with E-state index in [9.17, 15) is 0 Å². The minimum atomic E-state index is -0.0320. The first kappa shape index (κ1) is 59.0. The third-order valence-corrected chi connectivity index (χ3v) is 23.4. The van der Waals surface area contributed by atoms with Gasteiger partial charge in [0.05, 0.1) is 5.69 Å². The molecule has 0 saturated heterocycles. The highest BCUT2D eigenvalue weighted by Gasteiger charge is 2.50. The molecule has 4 heteroatoms. The van der Waals surface area contributed by atoms with E-state index in [1.165, 1.54) is 119 Å². The molecule has 0 radical (unpaired) electrons. The summed E-state index contributed by atoms with van der Waals surface area (Å²) < 4.78 is 0. The lowest BCUT2D eigenvalue weighted by Crippen LogP contribution is -2.62. The smallest absolute Gasteiger partial charge is 0.252 e. The van der Waals surface area contributed by atoms with Crippen LogP contribution in [0, 0.1) is 0 Å². The molecule has 0 N–H and O–H groups in total. The van der Waals surface area contributed by atoms with Gasteiger partial charge >= 0.3 is 0 Å². The van der Waals surface area contributed by atoms with E-state index in [4.69, 9.17) is 0 Å². The van der Waals surface area contributed by atoms with Gasteiger partial charge in [0.1, 0.15) is 0 Å². The number of rotatable bonds is 5. The molecule has 7 aromatic carbocycles. The number of benzene rings is 7. The molecule has 2 aliphatic heterocycles. The van der Waals surface area contributed by atoms with Gasteiger partial charge in [-0.25, -0.2) is 0 Å². The second-order valence-electron chi connectivity index (χ2n) is 35.4. The minimum absolute atomic E-state index is 0.000677. The Balaban J connectivity index is 1.21. The lowest BCUT2D eigenvalue weighted by atomic mass is 9.32. The van der Waals surface area contributed by atoms with Crippen LogP contribution in [-0.2, 0) is 54.1 Å². The van der Waals surface area contributed by atoms with E-state index in [0.29, 0.717) is 0 Å². The first-order valence-corrected chi connectivity index (χ1v) is 33.3. The molecular formula is C82H102BN3. The molecule has 7 aromatic rings. The molecule has 0 atom stereocenters. The molecule has 0 bridgehead atoms. The molecule has 448 valence electrons. The second-order valence-corrected chi connectivity index (χ2v) is 35.4. The van der Waals surface area contributed by atoms with Gasteiger partial charge in [0, 0.05) is 45.5 Å². The highest BCUT2D eigenvalue weighted by atomic mass is 15.2. The standard InChI is InChI=1S/C82H102BN3/c1-73(2,3)51-23-27-53(28-24-51)84(54-29-25-52(26-30-54)74(4,5)6)57-45-70-72-71(46-57)86(56-32-34-59-61(44-56)78(13,14)38-36-76(59,9)10)69-50-65-63(80(17,18)40-42-82(65,21)22)48-67(69)83(72)66-47-62-64(81(19,20)41-39-79(62,15)16)49-68(66)85(70)55-31-33-58-60(43-55)77(11,12)37-35-75(58,7)8/h23-34,43-50H,35-42H2,1-22H3. The van der Waals surface area contributed by atoms with Gasteiger partial charge in [-0.1, -0.05) is 201 Å². The monoisotopic (exact) mass is 1140 g/mol. The largest absolute Gasteiger partial charge is 0.311 e. The Labute approximate surface area is 520 Å². The fourth-order valence-corrected chi connectivity index (χ4v) is 16.9. The van der Waals surface area contributed by atoms with Crippen LogP contribution in [0.1, 0.15) is 259 Å². The van der Waals surface area contributed by atoms with Gasteiger partial charge in [-0.2, -0.15) is 0 Å². The highest BCUT2D eigenvalue weighted by Crippen LogP contribution is 2.57.